The molecule has 2 N–H and O–H groups in total. The summed E-state index contributed by atoms with van der Waals surface area (Å²) < 4.78 is 0. The van der Waals surface area contributed by atoms with Crippen molar-refractivity contribution in [3.63, 3.8) is 0 Å². The van der Waals surface area contributed by atoms with Crippen LogP contribution in [-0.2, 0) is 0 Å². The third-order valence-electron chi connectivity index (χ3n) is 2.98. The molecule has 0 saturated heterocycles. The number of nitrogens with one attached hydrogen (secondary N) is 2. The monoisotopic (exact) mass is 256 g/mol. The second-order valence-electron chi connectivity index (χ2n) is 4.64. The predicted molar refractivity (Wildman–Crippen MR) is 80.1 cm³/mol. The van der Waals surface area contributed by atoms with Crippen LogP contribution in [0.4, 0.5) is 17.3 Å². The quantitative estimate of drug-likeness (QED) is 0.878. The first-order valence-electron chi connectivity index (χ1n) is 6.52. The van der Waals surface area contributed by atoms with Crippen molar-refractivity contribution >= 4 is 17.3 Å². The lowest BCUT2D eigenvalue weighted by Gasteiger charge is -2.10. The van der Waals surface area contributed by atoms with Crippen LogP contribution in [0.5, 0.6) is 0 Å². The van der Waals surface area contributed by atoms with Gasteiger partial charge in [0.25, 0.3) is 0 Å². The molecule has 0 aliphatic heterocycles. The molecule has 1 aromatic heterocycles. The molecule has 4 nitrogen and oxygen atoms in total. The zero-order valence-corrected chi connectivity index (χ0v) is 11.9. The average Bonchev–Trinajstić information content (AvgIpc) is 2.33. The first-order chi connectivity index (χ1) is 9.08. The van der Waals surface area contributed by atoms with Crippen molar-refractivity contribution in [1.82, 2.24) is 9.97 Å². The number of anilines is 3. The first kappa shape index (κ1) is 13.3. The van der Waals surface area contributed by atoms with E-state index >= 15 is 0 Å². The summed E-state index contributed by atoms with van der Waals surface area (Å²) in [6.45, 7) is 9.01. The van der Waals surface area contributed by atoms with Gasteiger partial charge in [-0.15, -0.1) is 0 Å². The Morgan fingerprint density at radius 3 is 2.37 bits per heavy atom. The summed E-state index contributed by atoms with van der Waals surface area (Å²) in [5, 5.41) is 6.52. The first-order valence-corrected chi connectivity index (χ1v) is 6.52. The van der Waals surface area contributed by atoms with E-state index in [2.05, 4.69) is 52.6 Å². The Balaban J connectivity index is 2.24. The molecule has 0 unspecified atom stereocenters. The Kier molecular flexibility index (Phi) is 4.00. The van der Waals surface area contributed by atoms with Crippen LogP contribution in [0.15, 0.2) is 24.3 Å². The van der Waals surface area contributed by atoms with Gasteiger partial charge in [-0.25, -0.2) is 9.97 Å². The van der Waals surface area contributed by atoms with E-state index < -0.39 is 0 Å². The highest BCUT2D eigenvalue weighted by atomic mass is 15.1. The second kappa shape index (κ2) is 5.69. The van der Waals surface area contributed by atoms with Gasteiger partial charge in [-0.3, -0.25) is 0 Å². The Morgan fingerprint density at radius 2 is 1.68 bits per heavy atom. The molecule has 0 spiro atoms. The molecule has 4 heteroatoms. The predicted octanol–water partition coefficient (Wildman–Crippen LogP) is 3.58. The van der Waals surface area contributed by atoms with Crippen molar-refractivity contribution in [2.45, 2.75) is 27.7 Å². The number of hydrogen-bond acceptors (Lipinski definition) is 4. The number of rotatable bonds is 4. The standard InChI is InChI=1S/C15H20N4/c1-5-16-14-9-15(18-12(4)17-14)19-13-7-6-10(2)11(3)8-13/h6-9H,5H2,1-4H3,(H2,16,17,18,19). The molecule has 1 heterocycles. The minimum absolute atomic E-state index is 0.754. The second-order valence-corrected chi connectivity index (χ2v) is 4.64. The van der Waals surface area contributed by atoms with Crippen LogP contribution in [0.25, 0.3) is 0 Å². The molecule has 2 rings (SSSR count). The van der Waals surface area contributed by atoms with Gasteiger partial charge in [0, 0.05) is 18.3 Å². The van der Waals surface area contributed by atoms with E-state index in [4.69, 9.17) is 0 Å². The van der Waals surface area contributed by atoms with E-state index in [-0.39, 0.29) is 0 Å². The third kappa shape index (κ3) is 3.44. The zero-order valence-electron chi connectivity index (χ0n) is 11.9. The molecular formula is C15H20N4. The fourth-order valence-electron chi connectivity index (χ4n) is 1.87. The van der Waals surface area contributed by atoms with Crippen LogP contribution < -0.4 is 10.6 Å². The van der Waals surface area contributed by atoms with Crippen molar-refractivity contribution in [2.24, 2.45) is 0 Å². The van der Waals surface area contributed by atoms with Gasteiger partial charge in [0.2, 0.25) is 0 Å². The SMILES string of the molecule is CCNc1cc(Nc2ccc(C)c(C)c2)nc(C)n1. The number of aryl methyl sites for hydroxylation is 3. The van der Waals surface area contributed by atoms with E-state index in [0.717, 1.165) is 29.7 Å². The Bertz CT molecular complexity index is 578. The van der Waals surface area contributed by atoms with Crippen LogP contribution in [0.1, 0.15) is 23.9 Å². The van der Waals surface area contributed by atoms with Gasteiger partial charge in [0.05, 0.1) is 0 Å². The molecule has 0 amide bonds. The third-order valence-corrected chi connectivity index (χ3v) is 2.98. The molecule has 0 aliphatic rings. The van der Waals surface area contributed by atoms with Gasteiger partial charge >= 0.3 is 0 Å². The van der Waals surface area contributed by atoms with Crippen LogP contribution in [0, 0.1) is 20.8 Å². The molecule has 0 saturated carbocycles. The Hall–Kier alpha value is -2.10. The normalized spacial score (nSPS) is 10.3. The maximum atomic E-state index is 4.40. The lowest BCUT2D eigenvalue weighted by atomic mass is 10.1. The molecule has 0 atom stereocenters. The van der Waals surface area contributed by atoms with Crippen LogP contribution >= 0.6 is 0 Å². The molecule has 19 heavy (non-hydrogen) atoms. The zero-order chi connectivity index (χ0) is 13.8. The molecule has 2 aromatic rings. The maximum absolute atomic E-state index is 4.40. The van der Waals surface area contributed by atoms with Gasteiger partial charge in [-0.1, -0.05) is 6.07 Å². The van der Waals surface area contributed by atoms with Gasteiger partial charge in [-0.05, 0) is 51.0 Å². The van der Waals surface area contributed by atoms with Crippen molar-refractivity contribution < 1.29 is 0 Å². The fourth-order valence-corrected chi connectivity index (χ4v) is 1.87. The van der Waals surface area contributed by atoms with E-state index in [0.29, 0.717) is 0 Å². The summed E-state index contributed by atoms with van der Waals surface area (Å²) in [4.78, 5) is 8.74. The van der Waals surface area contributed by atoms with Crippen molar-refractivity contribution in [2.75, 3.05) is 17.2 Å². The highest BCUT2D eigenvalue weighted by Crippen LogP contribution is 2.20. The highest BCUT2D eigenvalue weighted by Gasteiger charge is 2.02. The molecule has 0 radical (unpaired) electrons. The van der Waals surface area contributed by atoms with E-state index in [1.807, 2.05) is 19.9 Å². The lowest BCUT2D eigenvalue weighted by Crippen LogP contribution is -2.04. The highest BCUT2D eigenvalue weighted by molar-refractivity contribution is 5.60. The van der Waals surface area contributed by atoms with Crippen LogP contribution in [-0.4, -0.2) is 16.5 Å². The molecular weight excluding hydrogens is 236 g/mol. The summed E-state index contributed by atoms with van der Waals surface area (Å²) in [6.07, 6.45) is 0. The van der Waals surface area contributed by atoms with E-state index in [9.17, 15) is 0 Å². The van der Waals surface area contributed by atoms with E-state index in [1.54, 1.807) is 0 Å². The van der Waals surface area contributed by atoms with Crippen LogP contribution in [0.3, 0.4) is 0 Å². The number of nitrogens with zero attached hydrogens (tertiary/aromatic N) is 2. The lowest BCUT2D eigenvalue weighted by molar-refractivity contribution is 1.04. The topological polar surface area (TPSA) is 49.8 Å². The van der Waals surface area contributed by atoms with Gasteiger partial charge in [-0.2, -0.15) is 0 Å². The minimum Gasteiger partial charge on any atom is -0.370 e. The Labute approximate surface area is 114 Å². The number of aromatic nitrogens is 2. The van der Waals surface area contributed by atoms with Gasteiger partial charge in [0.1, 0.15) is 17.5 Å². The van der Waals surface area contributed by atoms with Crippen LogP contribution in [0.2, 0.25) is 0 Å². The summed E-state index contributed by atoms with van der Waals surface area (Å²) >= 11 is 0. The maximum Gasteiger partial charge on any atom is 0.136 e. The summed E-state index contributed by atoms with van der Waals surface area (Å²) in [7, 11) is 0. The minimum atomic E-state index is 0.754. The smallest absolute Gasteiger partial charge is 0.136 e. The summed E-state index contributed by atoms with van der Waals surface area (Å²) in [5.41, 5.74) is 3.60. The van der Waals surface area contributed by atoms with Crippen molar-refractivity contribution in [3.05, 3.63) is 41.2 Å². The summed E-state index contributed by atoms with van der Waals surface area (Å²) in [5.74, 6) is 2.41. The number of benzene rings is 1. The fraction of sp³-hybridized carbons (Fsp3) is 0.333. The molecule has 0 aliphatic carbocycles. The number of hydrogen-bond donors (Lipinski definition) is 2. The molecule has 100 valence electrons. The molecule has 1 aromatic carbocycles. The largest absolute Gasteiger partial charge is 0.370 e. The average molecular weight is 256 g/mol. The van der Waals surface area contributed by atoms with Crippen molar-refractivity contribution in [3.8, 4) is 0 Å². The van der Waals surface area contributed by atoms with Gasteiger partial charge < -0.3 is 10.6 Å². The Morgan fingerprint density at radius 1 is 0.947 bits per heavy atom. The molecule has 0 bridgehead atoms. The van der Waals surface area contributed by atoms with E-state index in [1.165, 1.54) is 11.1 Å². The molecule has 0 fully saturated rings. The van der Waals surface area contributed by atoms with Gasteiger partial charge in [0.15, 0.2) is 0 Å². The van der Waals surface area contributed by atoms with Crippen molar-refractivity contribution in [1.29, 1.82) is 0 Å². The summed E-state index contributed by atoms with van der Waals surface area (Å²) in [6, 6.07) is 8.22.